The lowest BCUT2D eigenvalue weighted by Gasteiger charge is -2.29. The van der Waals surface area contributed by atoms with Gasteiger partial charge < -0.3 is 15.0 Å². The van der Waals surface area contributed by atoms with Crippen molar-refractivity contribution in [3.8, 4) is 5.75 Å². The van der Waals surface area contributed by atoms with E-state index >= 15 is 0 Å². The van der Waals surface area contributed by atoms with Gasteiger partial charge in [-0.3, -0.25) is 4.79 Å². The molecule has 0 saturated carbocycles. The van der Waals surface area contributed by atoms with Gasteiger partial charge in [0, 0.05) is 17.2 Å². The predicted molar refractivity (Wildman–Crippen MR) is 96.9 cm³/mol. The minimum Gasteiger partial charge on any atom is -0.490 e. The molecular weight excluding hydrogens is 374 g/mol. The Balaban J connectivity index is 1.84. The van der Waals surface area contributed by atoms with Crippen LogP contribution >= 0.6 is 15.9 Å². The van der Waals surface area contributed by atoms with Crippen LogP contribution in [0.2, 0.25) is 0 Å². The number of amides is 3. The second-order valence-electron chi connectivity index (χ2n) is 5.34. The van der Waals surface area contributed by atoms with E-state index in [1.54, 1.807) is 36.4 Å². The van der Waals surface area contributed by atoms with E-state index in [1.807, 2.05) is 18.0 Å². The number of nitrogens with one attached hydrogen (secondary N) is 1. The zero-order valence-electron chi connectivity index (χ0n) is 13.0. The van der Waals surface area contributed by atoms with Crippen molar-refractivity contribution < 1.29 is 14.3 Å². The largest absolute Gasteiger partial charge is 0.490 e. The highest BCUT2D eigenvalue weighted by molar-refractivity contribution is 9.10. The first kappa shape index (κ1) is 16.3. The maximum atomic E-state index is 12.4. The molecule has 0 fully saturated rings. The summed E-state index contributed by atoms with van der Waals surface area (Å²) in [7, 11) is 1.94. The Hall–Kier alpha value is -2.54. The number of likely N-dealkylation sites (N-methyl/N-ethyl adjacent to an activating group) is 1. The smallest absolute Gasteiger partial charge is 0.332 e. The summed E-state index contributed by atoms with van der Waals surface area (Å²) in [4.78, 5) is 26.9. The van der Waals surface area contributed by atoms with Crippen molar-refractivity contribution in [1.82, 2.24) is 0 Å². The van der Waals surface area contributed by atoms with Crippen LogP contribution in [0, 0.1) is 0 Å². The molecular formula is C17H16BrN3O3. The Morgan fingerprint density at radius 3 is 2.92 bits per heavy atom. The summed E-state index contributed by atoms with van der Waals surface area (Å²) in [5.74, 6) is 0.741. The summed E-state index contributed by atoms with van der Waals surface area (Å²) < 4.78 is 6.42. The van der Waals surface area contributed by atoms with Gasteiger partial charge in [0.25, 0.3) is 0 Å². The van der Waals surface area contributed by atoms with Gasteiger partial charge >= 0.3 is 6.03 Å². The molecule has 1 heterocycles. The Kier molecular flexibility index (Phi) is 4.71. The van der Waals surface area contributed by atoms with Crippen LogP contribution in [0.1, 0.15) is 0 Å². The summed E-state index contributed by atoms with van der Waals surface area (Å²) in [6.45, 7) is 1.37. The van der Waals surface area contributed by atoms with Gasteiger partial charge in [-0.25, -0.2) is 9.69 Å². The van der Waals surface area contributed by atoms with E-state index in [0.717, 1.165) is 27.4 Å². The van der Waals surface area contributed by atoms with E-state index in [4.69, 9.17) is 4.74 Å². The molecule has 2 aromatic rings. The summed E-state index contributed by atoms with van der Waals surface area (Å²) in [6, 6.07) is 11.9. The van der Waals surface area contributed by atoms with Crippen molar-refractivity contribution in [2.24, 2.45) is 0 Å². The lowest BCUT2D eigenvalue weighted by molar-refractivity contribution is -0.106. The number of carbonyl (C=O) groups is 2. The Bertz CT molecular complexity index is 781. The number of urea groups is 1. The van der Waals surface area contributed by atoms with Gasteiger partial charge in [-0.05, 0) is 36.4 Å². The number of imide groups is 1. The van der Waals surface area contributed by atoms with Crippen LogP contribution in [-0.2, 0) is 4.79 Å². The predicted octanol–water partition coefficient (Wildman–Crippen LogP) is 3.47. The zero-order valence-corrected chi connectivity index (χ0v) is 14.6. The number of nitrogens with zero attached hydrogens (tertiary/aromatic N) is 2. The highest BCUT2D eigenvalue weighted by Crippen LogP contribution is 2.34. The van der Waals surface area contributed by atoms with Crippen LogP contribution in [0.25, 0.3) is 0 Å². The maximum absolute atomic E-state index is 12.4. The number of hydrogen-bond donors (Lipinski definition) is 1. The monoisotopic (exact) mass is 389 g/mol. The molecule has 0 bridgehead atoms. The molecule has 3 rings (SSSR count). The third-order valence-electron chi connectivity index (χ3n) is 3.72. The Morgan fingerprint density at radius 1 is 1.33 bits per heavy atom. The third kappa shape index (κ3) is 3.35. The topological polar surface area (TPSA) is 61.9 Å². The maximum Gasteiger partial charge on any atom is 0.332 e. The Morgan fingerprint density at radius 2 is 2.17 bits per heavy atom. The van der Waals surface area contributed by atoms with E-state index in [0.29, 0.717) is 24.4 Å². The van der Waals surface area contributed by atoms with Crippen LogP contribution in [0.4, 0.5) is 21.9 Å². The van der Waals surface area contributed by atoms with Crippen molar-refractivity contribution in [2.75, 3.05) is 35.3 Å². The number of rotatable bonds is 3. The van der Waals surface area contributed by atoms with Crippen molar-refractivity contribution in [2.45, 2.75) is 0 Å². The molecule has 0 aliphatic carbocycles. The van der Waals surface area contributed by atoms with Gasteiger partial charge in [-0.15, -0.1) is 0 Å². The average Bonchev–Trinajstić information content (AvgIpc) is 2.56. The first-order chi connectivity index (χ1) is 11.6. The van der Waals surface area contributed by atoms with E-state index < -0.39 is 6.03 Å². The van der Waals surface area contributed by atoms with Gasteiger partial charge in [0.1, 0.15) is 12.4 Å². The van der Waals surface area contributed by atoms with E-state index in [-0.39, 0.29) is 0 Å². The van der Waals surface area contributed by atoms with Crippen molar-refractivity contribution in [1.29, 1.82) is 0 Å². The molecule has 0 saturated heterocycles. The van der Waals surface area contributed by atoms with Crippen LogP contribution in [0.3, 0.4) is 0 Å². The zero-order chi connectivity index (χ0) is 17.1. The second kappa shape index (κ2) is 6.92. The molecule has 0 radical (unpaired) electrons. The molecule has 0 atom stereocenters. The van der Waals surface area contributed by atoms with Crippen LogP contribution in [-0.4, -0.2) is 32.6 Å². The van der Waals surface area contributed by atoms with Gasteiger partial charge in [-0.1, -0.05) is 22.0 Å². The van der Waals surface area contributed by atoms with Crippen molar-refractivity contribution in [3.63, 3.8) is 0 Å². The van der Waals surface area contributed by atoms with Gasteiger partial charge in [0.05, 0.1) is 17.9 Å². The fourth-order valence-corrected chi connectivity index (χ4v) is 2.86. The number of halogens is 1. The van der Waals surface area contributed by atoms with Gasteiger partial charge in [0.15, 0.2) is 0 Å². The molecule has 1 N–H and O–H groups in total. The van der Waals surface area contributed by atoms with E-state index in [9.17, 15) is 9.59 Å². The molecule has 124 valence electrons. The number of benzene rings is 2. The van der Waals surface area contributed by atoms with Crippen molar-refractivity contribution in [3.05, 3.63) is 46.9 Å². The number of ether oxygens (including phenoxy) is 1. The molecule has 2 aromatic carbocycles. The number of hydrogen-bond acceptors (Lipinski definition) is 4. The summed E-state index contributed by atoms with van der Waals surface area (Å²) in [5.41, 5.74) is 1.93. The standard InChI is InChI=1S/C17H16BrN3O3/c1-20-7-8-24-16-6-5-14(10-15(16)20)21(11-22)17(23)19-13-4-2-3-12(18)9-13/h2-6,9-11H,7-8H2,1H3,(H,19,23). The third-order valence-corrected chi connectivity index (χ3v) is 4.21. The molecule has 0 unspecified atom stereocenters. The molecule has 3 amide bonds. The number of carbonyl (C=O) groups excluding carboxylic acids is 2. The van der Waals surface area contributed by atoms with Crippen LogP contribution < -0.4 is 19.9 Å². The average molecular weight is 390 g/mol. The second-order valence-corrected chi connectivity index (χ2v) is 6.25. The van der Waals surface area contributed by atoms with Crippen molar-refractivity contribution >= 4 is 45.4 Å². The summed E-state index contributed by atoms with van der Waals surface area (Å²) >= 11 is 3.35. The number of fused-ring (bicyclic) bond motifs is 1. The molecule has 0 aromatic heterocycles. The molecule has 6 nitrogen and oxygen atoms in total. The minimum atomic E-state index is -0.526. The molecule has 1 aliphatic heterocycles. The first-order valence-corrected chi connectivity index (χ1v) is 8.17. The normalized spacial score (nSPS) is 12.8. The lowest BCUT2D eigenvalue weighted by Crippen LogP contribution is -2.34. The van der Waals surface area contributed by atoms with Crippen LogP contribution in [0.15, 0.2) is 46.9 Å². The molecule has 7 heteroatoms. The molecule has 1 aliphatic rings. The van der Waals surface area contributed by atoms with Gasteiger partial charge in [-0.2, -0.15) is 0 Å². The molecule has 24 heavy (non-hydrogen) atoms. The number of anilines is 3. The highest BCUT2D eigenvalue weighted by Gasteiger charge is 2.20. The lowest BCUT2D eigenvalue weighted by atomic mass is 10.2. The summed E-state index contributed by atoms with van der Waals surface area (Å²) in [5, 5.41) is 2.70. The van der Waals surface area contributed by atoms with Crippen LogP contribution in [0.5, 0.6) is 5.75 Å². The SMILES string of the molecule is CN1CCOc2ccc(N(C=O)C(=O)Nc3cccc(Br)c3)cc21. The fraction of sp³-hybridized carbons (Fsp3) is 0.176. The molecule has 0 spiro atoms. The van der Waals surface area contributed by atoms with E-state index in [1.165, 1.54) is 0 Å². The Labute approximate surface area is 148 Å². The van der Waals surface area contributed by atoms with E-state index in [2.05, 4.69) is 21.2 Å². The fourth-order valence-electron chi connectivity index (χ4n) is 2.46. The highest BCUT2D eigenvalue weighted by atomic mass is 79.9. The van der Waals surface area contributed by atoms with Gasteiger partial charge in [0.2, 0.25) is 6.41 Å². The first-order valence-electron chi connectivity index (χ1n) is 7.37. The summed E-state index contributed by atoms with van der Waals surface area (Å²) in [6.07, 6.45) is 0.499. The minimum absolute atomic E-state index is 0.480. The quantitative estimate of drug-likeness (QED) is 0.816.